The molecule has 0 spiro atoms. The molecule has 0 amide bonds. The van der Waals surface area contributed by atoms with E-state index >= 15 is 0 Å². The van der Waals surface area contributed by atoms with Crippen molar-refractivity contribution < 1.29 is 4.42 Å². The number of nitrogens with one attached hydrogen (secondary N) is 2. The van der Waals surface area contributed by atoms with Crippen molar-refractivity contribution in [3.05, 3.63) is 60.1 Å². The first-order chi connectivity index (χ1) is 11.3. The van der Waals surface area contributed by atoms with Crippen LogP contribution in [0.3, 0.4) is 0 Å². The molecule has 0 bridgehead atoms. The molecule has 0 fully saturated rings. The van der Waals surface area contributed by atoms with Gasteiger partial charge in [0.2, 0.25) is 0 Å². The molecular weight excluding hydrogens is 288 g/mol. The Morgan fingerprint density at radius 2 is 1.91 bits per heavy atom. The number of aromatic nitrogens is 1. The summed E-state index contributed by atoms with van der Waals surface area (Å²) < 4.78 is 8.04. The van der Waals surface area contributed by atoms with Gasteiger partial charge in [-0.1, -0.05) is 18.2 Å². The average molecular weight is 310 g/mol. The number of fused-ring (bicyclic) bond motifs is 1. The molecule has 3 rings (SSSR count). The molecule has 2 N–H and O–H groups in total. The lowest BCUT2D eigenvalue weighted by Crippen LogP contribution is -2.38. The van der Waals surface area contributed by atoms with Crippen molar-refractivity contribution in [1.82, 2.24) is 15.2 Å². The molecule has 0 saturated carbocycles. The summed E-state index contributed by atoms with van der Waals surface area (Å²) in [6.45, 7) is 4.42. The summed E-state index contributed by atoms with van der Waals surface area (Å²) in [6, 6.07) is 12.2. The number of guanidine groups is 1. The fraction of sp³-hybridized carbons (Fsp3) is 0.278. The van der Waals surface area contributed by atoms with Gasteiger partial charge in [0.05, 0.1) is 6.54 Å². The molecule has 0 unspecified atom stereocenters. The van der Waals surface area contributed by atoms with E-state index < -0.39 is 0 Å². The topological polar surface area (TPSA) is 54.5 Å². The van der Waals surface area contributed by atoms with E-state index in [0.29, 0.717) is 6.54 Å². The maximum Gasteiger partial charge on any atom is 0.191 e. The molecular formula is C18H22N4O. The summed E-state index contributed by atoms with van der Waals surface area (Å²) >= 11 is 0. The summed E-state index contributed by atoms with van der Waals surface area (Å²) in [5.41, 5.74) is 2.10. The lowest BCUT2D eigenvalue weighted by Gasteiger charge is -2.11. The van der Waals surface area contributed by atoms with Crippen molar-refractivity contribution in [3.63, 3.8) is 0 Å². The first kappa shape index (κ1) is 15.2. The minimum Gasteiger partial charge on any atom is -0.459 e. The third kappa shape index (κ3) is 3.56. The summed E-state index contributed by atoms with van der Waals surface area (Å²) in [4.78, 5) is 4.25. The Morgan fingerprint density at radius 1 is 1.13 bits per heavy atom. The lowest BCUT2D eigenvalue weighted by atomic mass is 10.1. The maximum absolute atomic E-state index is 5.91. The van der Waals surface area contributed by atoms with Crippen molar-refractivity contribution >= 4 is 16.9 Å². The number of aryl methyl sites for hydroxylation is 1. The summed E-state index contributed by atoms with van der Waals surface area (Å²) in [7, 11) is 1.77. The Bertz CT molecular complexity index is 787. The first-order valence-corrected chi connectivity index (χ1v) is 7.80. The third-order valence-corrected chi connectivity index (χ3v) is 3.91. The molecule has 2 heterocycles. The van der Waals surface area contributed by atoms with Crippen LogP contribution in [0.15, 0.2) is 58.2 Å². The first-order valence-electron chi connectivity index (χ1n) is 7.80. The fourth-order valence-corrected chi connectivity index (χ4v) is 2.60. The van der Waals surface area contributed by atoms with E-state index in [-0.39, 0.29) is 0 Å². The van der Waals surface area contributed by atoms with Gasteiger partial charge in [0, 0.05) is 43.5 Å². The Labute approximate surface area is 136 Å². The number of furan rings is 1. The number of benzene rings is 1. The standard InChI is InChI=1S/C18H22N4O/c1-14-15-7-3-4-8-16(15)23-17(14)13-21-18(19-2)20-9-12-22-10-5-6-11-22/h3-8,10-11H,9,12-13H2,1-2H3,(H2,19,20,21). The van der Waals surface area contributed by atoms with Crippen LogP contribution in [0.5, 0.6) is 0 Å². The Morgan fingerprint density at radius 3 is 2.65 bits per heavy atom. The molecule has 1 aromatic carbocycles. The Balaban J connectivity index is 1.55. The SMILES string of the molecule is CN=C(NCCn1cccc1)NCc1oc2ccccc2c1C. The van der Waals surface area contributed by atoms with Gasteiger partial charge in [-0.2, -0.15) is 0 Å². The van der Waals surface area contributed by atoms with Crippen molar-refractivity contribution in [2.75, 3.05) is 13.6 Å². The van der Waals surface area contributed by atoms with Gasteiger partial charge in [-0.3, -0.25) is 4.99 Å². The molecule has 0 radical (unpaired) electrons. The smallest absolute Gasteiger partial charge is 0.191 e. The zero-order valence-electron chi connectivity index (χ0n) is 13.5. The number of aliphatic imine (C=N–C) groups is 1. The zero-order chi connectivity index (χ0) is 16.1. The average Bonchev–Trinajstić information content (AvgIpc) is 3.19. The molecule has 0 atom stereocenters. The normalized spacial score (nSPS) is 11.8. The number of nitrogens with zero attached hydrogens (tertiary/aromatic N) is 2. The second-order valence-corrected chi connectivity index (χ2v) is 5.42. The predicted octanol–water partition coefficient (Wildman–Crippen LogP) is 2.91. The minimum atomic E-state index is 0.615. The van der Waals surface area contributed by atoms with Gasteiger partial charge in [-0.05, 0) is 25.1 Å². The third-order valence-electron chi connectivity index (χ3n) is 3.91. The van der Waals surface area contributed by atoms with Gasteiger partial charge in [0.25, 0.3) is 0 Å². The van der Waals surface area contributed by atoms with Crippen LogP contribution in [0.2, 0.25) is 0 Å². The molecule has 0 aliphatic rings. The van der Waals surface area contributed by atoms with E-state index in [1.807, 2.05) is 30.3 Å². The second kappa shape index (κ2) is 7.05. The quantitative estimate of drug-likeness (QED) is 0.563. The lowest BCUT2D eigenvalue weighted by molar-refractivity contribution is 0.534. The van der Waals surface area contributed by atoms with E-state index in [9.17, 15) is 0 Å². The van der Waals surface area contributed by atoms with Crippen molar-refractivity contribution in [2.45, 2.75) is 20.0 Å². The Hall–Kier alpha value is -2.69. The van der Waals surface area contributed by atoms with E-state index in [0.717, 1.165) is 30.4 Å². The van der Waals surface area contributed by atoms with Crippen LogP contribution in [0, 0.1) is 6.92 Å². The highest BCUT2D eigenvalue weighted by molar-refractivity contribution is 5.82. The van der Waals surface area contributed by atoms with Gasteiger partial charge in [-0.15, -0.1) is 0 Å². The van der Waals surface area contributed by atoms with Gasteiger partial charge >= 0.3 is 0 Å². The minimum absolute atomic E-state index is 0.615. The number of rotatable bonds is 5. The highest BCUT2D eigenvalue weighted by Crippen LogP contribution is 2.24. The maximum atomic E-state index is 5.91. The second-order valence-electron chi connectivity index (χ2n) is 5.42. The monoisotopic (exact) mass is 310 g/mol. The van der Waals surface area contributed by atoms with Crippen LogP contribution < -0.4 is 10.6 Å². The van der Waals surface area contributed by atoms with Crippen LogP contribution in [-0.4, -0.2) is 24.1 Å². The van der Waals surface area contributed by atoms with Crippen LogP contribution >= 0.6 is 0 Å². The van der Waals surface area contributed by atoms with Gasteiger partial charge in [-0.25, -0.2) is 0 Å². The van der Waals surface area contributed by atoms with E-state index in [1.54, 1.807) is 7.05 Å². The van der Waals surface area contributed by atoms with E-state index in [1.165, 1.54) is 10.9 Å². The van der Waals surface area contributed by atoms with Crippen molar-refractivity contribution in [2.24, 2.45) is 4.99 Å². The van der Waals surface area contributed by atoms with Crippen LogP contribution in [0.25, 0.3) is 11.0 Å². The molecule has 120 valence electrons. The molecule has 23 heavy (non-hydrogen) atoms. The largest absolute Gasteiger partial charge is 0.459 e. The number of hydrogen-bond donors (Lipinski definition) is 2. The summed E-state index contributed by atoms with van der Waals surface area (Å²) in [6.07, 6.45) is 4.10. The van der Waals surface area contributed by atoms with Gasteiger partial charge in [0.1, 0.15) is 11.3 Å². The highest BCUT2D eigenvalue weighted by atomic mass is 16.3. The number of hydrogen-bond acceptors (Lipinski definition) is 2. The molecule has 2 aromatic heterocycles. The van der Waals surface area contributed by atoms with Crippen LogP contribution in [0.1, 0.15) is 11.3 Å². The van der Waals surface area contributed by atoms with Crippen molar-refractivity contribution in [3.8, 4) is 0 Å². The predicted molar refractivity (Wildman–Crippen MR) is 93.6 cm³/mol. The van der Waals surface area contributed by atoms with Gasteiger partial charge in [0.15, 0.2) is 5.96 Å². The molecule has 5 heteroatoms. The van der Waals surface area contributed by atoms with Crippen molar-refractivity contribution in [1.29, 1.82) is 0 Å². The Kier molecular flexibility index (Phi) is 4.66. The highest BCUT2D eigenvalue weighted by Gasteiger charge is 2.10. The zero-order valence-corrected chi connectivity index (χ0v) is 13.5. The van der Waals surface area contributed by atoms with E-state index in [2.05, 4.69) is 45.6 Å². The molecule has 0 aliphatic carbocycles. The molecule has 0 saturated heterocycles. The van der Waals surface area contributed by atoms with Crippen LogP contribution in [-0.2, 0) is 13.1 Å². The molecule has 3 aromatic rings. The number of para-hydroxylation sites is 1. The molecule has 5 nitrogen and oxygen atoms in total. The van der Waals surface area contributed by atoms with Crippen LogP contribution in [0.4, 0.5) is 0 Å². The summed E-state index contributed by atoms with van der Waals surface area (Å²) in [5.74, 6) is 1.72. The fourth-order valence-electron chi connectivity index (χ4n) is 2.60. The molecule has 0 aliphatic heterocycles. The summed E-state index contributed by atoms with van der Waals surface area (Å²) in [5, 5.41) is 7.78. The van der Waals surface area contributed by atoms with Gasteiger partial charge < -0.3 is 19.6 Å². The van der Waals surface area contributed by atoms with E-state index in [4.69, 9.17) is 4.42 Å².